The van der Waals surface area contributed by atoms with Crippen molar-refractivity contribution < 1.29 is 9.53 Å². The number of benzene rings is 1. The number of nitrogens with two attached hydrogens (primary N) is 1. The second-order valence-electron chi connectivity index (χ2n) is 4.11. The Morgan fingerprint density at radius 2 is 2.21 bits per heavy atom. The molecule has 0 aliphatic rings. The summed E-state index contributed by atoms with van der Waals surface area (Å²) in [6.45, 7) is 0. The lowest BCUT2D eigenvalue weighted by atomic mass is 10.2. The number of hydrogen-bond acceptors (Lipinski definition) is 4. The Morgan fingerprint density at radius 1 is 1.47 bits per heavy atom. The molecule has 0 spiro atoms. The largest absolute Gasteiger partial charge is 0.495 e. The van der Waals surface area contributed by atoms with Crippen LogP contribution in [-0.4, -0.2) is 22.6 Å². The van der Waals surface area contributed by atoms with Crippen LogP contribution in [0.2, 0.25) is 0 Å². The minimum Gasteiger partial charge on any atom is -0.495 e. The van der Waals surface area contributed by atoms with Gasteiger partial charge in [0.2, 0.25) is 5.91 Å². The van der Waals surface area contributed by atoms with Gasteiger partial charge in [0.15, 0.2) is 0 Å². The highest BCUT2D eigenvalue weighted by Gasteiger charge is 2.21. The lowest BCUT2D eigenvalue weighted by Gasteiger charge is -2.18. The lowest BCUT2D eigenvalue weighted by Crippen LogP contribution is -2.29. The van der Waals surface area contributed by atoms with E-state index in [1.54, 1.807) is 24.2 Å². The van der Waals surface area contributed by atoms with Crippen molar-refractivity contribution in [3.8, 4) is 5.75 Å². The van der Waals surface area contributed by atoms with Gasteiger partial charge < -0.3 is 20.4 Å². The molecular weight excluding hydrogens is 244 g/mol. The fourth-order valence-electron chi connectivity index (χ4n) is 1.86. The molecule has 1 unspecified atom stereocenters. The molecule has 1 aromatic carbocycles. The maximum absolute atomic E-state index is 11.6. The normalized spacial score (nSPS) is 11.9. The van der Waals surface area contributed by atoms with Crippen molar-refractivity contribution in [1.82, 2.24) is 9.55 Å². The number of aromatic nitrogens is 2. The molecule has 3 N–H and O–H groups in total. The third-order valence-electron chi connectivity index (χ3n) is 2.84. The van der Waals surface area contributed by atoms with E-state index in [1.807, 2.05) is 31.3 Å². The second kappa shape index (κ2) is 5.43. The number of ether oxygens (including phenoxy) is 1. The molecular formula is C13H16N4O2. The Bertz CT molecular complexity index is 580. The van der Waals surface area contributed by atoms with E-state index in [-0.39, 0.29) is 0 Å². The zero-order valence-electron chi connectivity index (χ0n) is 10.8. The van der Waals surface area contributed by atoms with E-state index in [4.69, 9.17) is 10.5 Å². The Balaban J connectivity index is 2.32. The van der Waals surface area contributed by atoms with Crippen LogP contribution in [0.4, 0.5) is 5.69 Å². The average molecular weight is 260 g/mol. The van der Waals surface area contributed by atoms with Gasteiger partial charge in [-0.3, -0.25) is 4.79 Å². The summed E-state index contributed by atoms with van der Waals surface area (Å²) in [6, 6.07) is 6.68. The number of primary amides is 1. The van der Waals surface area contributed by atoms with E-state index < -0.39 is 11.9 Å². The molecule has 1 aromatic heterocycles. The van der Waals surface area contributed by atoms with Crippen LogP contribution in [0.3, 0.4) is 0 Å². The molecule has 1 amide bonds. The first-order valence-electron chi connectivity index (χ1n) is 5.78. The summed E-state index contributed by atoms with van der Waals surface area (Å²) in [5, 5.41) is 3.08. The number of carbonyl (C=O) groups is 1. The van der Waals surface area contributed by atoms with Crippen molar-refractivity contribution in [2.75, 3.05) is 12.4 Å². The van der Waals surface area contributed by atoms with Gasteiger partial charge in [-0.1, -0.05) is 12.1 Å². The topological polar surface area (TPSA) is 82.2 Å². The number of anilines is 1. The van der Waals surface area contributed by atoms with E-state index in [2.05, 4.69) is 10.3 Å². The highest BCUT2D eigenvalue weighted by molar-refractivity contribution is 5.84. The van der Waals surface area contributed by atoms with Crippen molar-refractivity contribution in [2.45, 2.75) is 6.04 Å². The molecule has 19 heavy (non-hydrogen) atoms. The molecule has 0 radical (unpaired) electrons. The van der Waals surface area contributed by atoms with E-state index in [9.17, 15) is 4.79 Å². The molecule has 1 heterocycles. The maximum Gasteiger partial charge on any atom is 0.246 e. The third kappa shape index (κ3) is 2.67. The fraction of sp³-hybridized carbons (Fsp3) is 0.231. The summed E-state index contributed by atoms with van der Waals surface area (Å²) in [5.41, 5.74) is 6.85. The standard InChI is InChI=1S/C13H16N4O2/c1-17-8-15-7-10(17)12(13(14)18)16-9-5-3-4-6-11(9)19-2/h3-8,12,16H,1-2H3,(H2,14,18). The Morgan fingerprint density at radius 3 is 2.79 bits per heavy atom. The minimum atomic E-state index is -0.663. The van der Waals surface area contributed by atoms with Gasteiger partial charge in [0.25, 0.3) is 0 Å². The van der Waals surface area contributed by atoms with E-state index in [1.165, 1.54) is 0 Å². The molecule has 6 nitrogen and oxygen atoms in total. The highest BCUT2D eigenvalue weighted by atomic mass is 16.5. The summed E-state index contributed by atoms with van der Waals surface area (Å²) >= 11 is 0. The van der Waals surface area contributed by atoms with Crippen LogP contribution in [0, 0.1) is 0 Å². The number of carbonyl (C=O) groups excluding carboxylic acids is 1. The number of aryl methyl sites for hydroxylation is 1. The van der Waals surface area contributed by atoms with Gasteiger partial charge in [0, 0.05) is 7.05 Å². The number of nitrogens with zero attached hydrogens (tertiary/aromatic N) is 2. The molecule has 2 rings (SSSR count). The zero-order chi connectivity index (χ0) is 13.8. The molecule has 0 saturated heterocycles. The van der Waals surface area contributed by atoms with Crippen LogP contribution < -0.4 is 15.8 Å². The number of para-hydroxylation sites is 2. The molecule has 6 heteroatoms. The molecule has 0 saturated carbocycles. The Kier molecular flexibility index (Phi) is 3.70. The number of imidazole rings is 1. The van der Waals surface area contributed by atoms with Crippen molar-refractivity contribution >= 4 is 11.6 Å². The van der Waals surface area contributed by atoms with E-state index in [0.717, 1.165) is 0 Å². The van der Waals surface area contributed by atoms with E-state index in [0.29, 0.717) is 17.1 Å². The van der Waals surface area contributed by atoms with Crippen molar-refractivity contribution in [3.05, 3.63) is 42.5 Å². The van der Waals surface area contributed by atoms with Crippen LogP contribution >= 0.6 is 0 Å². The molecule has 1 atom stereocenters. The predicted octanol–water partition coefficient (Wildman–Crippen LogP) is 1.07. The van der Waals surface area contributed by atoms with Crippen LogP contribution in [0.15, 0.2) is 36.8 Å². The summed E-state index contributed by atoms with van der Waals surface area (Å²) in [6.07, 6.45) is 3.23. The van der Waals surface area contributed by atoms with Crippen LogP contribution in [0.25, 0.3) is 0 Å². The minimum absolute atomic E-state index is 0.477. The monoisotopic (exact) mass is 260 g/mol. The number of rotatable bonds is 5. The first-order valence-corrected chi connectivity index (χ1v) is 5.78. The molecule has 100 valence electrons. The maximum atomic E-state index is 11.6. The lowest BCUT2D eigenvalue weighted by molar-refractivity contribution is -0.118. The van der Waals surface area contributed by atoms with Crippen molar-refractivity contribution in [1.29, 1.82) is 0 Å². The zero-order valence-corrected chi connectivity index (χ0v) is 10.8. The molecule has 2 aromatic rings. The van der Waals surface area contributed by atoms with Gasteiger partial charge in [-0.15, -0.1) is 0 Å². The third-order valence-corrected chi connectivity index (χ3v) is 2.84. The summed E-state index contributed by atoms with van der Waals surface area (Å²) in [4.78, 5) is 15.6. The van der Waals surface area contributed by atoms with Gasteiger partial charge in [-0.25, -0.2) is 4.98 Å². The Hall–Kier alpha value is -2.50. The molecule has 0 fully saturated rings. The first-order chi connectivity index (χ1) is 9.13. The second-order valence-corrected chi connectivity index (χ2v) is 4.11. The molecule has 0 bridgehead atoms. The average Bonchev–Trinajstić information content (AvgIpc) is 2.82. The molecule has 0 aliphatic carbocycles. The number of methoxy groups -OCH3 is 1. The van der Waals surface area contributed by atoms with Crippen LogP contribution in [0.1, 0.15) is 11.7 Å². The van der Waals surface area contributed by atoms with E-state index >= 15 is 0 Å². The summed E-state index contributed by atoms with van der Waals surface area (Å²) < 4.78 is 6.98. The smallest absolute Gasteiger partial charge is 0.246 e. The highest BCUT2D eigenvalue weighted by Crippen LogP contribution is 2.27. The van der Waals surface area contributed by atoms with Crippen molar-refractivity contribution in [2.24, 2.45) is 12.8 Å². The van der Waals surface area contributed by atoms with Gasteiger partial charge in [0.05, 0.1) is 31.0 Å². The quantitative estimate of drug-likeness (QED) is 0.842. The van der Waals surface area contributed by atoms with Gasteiger partial charge in [-0.2, -0.15) is 0 Å². The van der Waals surface area contributed by atoms with Crippen LogP contribution in [-0.2, 0) is 11.8 Å². The predicted molar refractivity (Wildman–Crippen MR) is 71.8 cm³/mol. The first kappa shape index (κ1) is 12.9. The summed E-state index contributed by atoms with van der Waals surface area (Å²) in [5.74, 6) is 0.172. The number of nitrogens with one attached hydrogen (secondary N) is 1. The van der Waals surface area contributed by atoms with Gasteiger partial charge in [-0.05, 0) is 12.1 Å². The fourth-order valence-corrected chi connectivity index (χ4v) is 1.86. The SMILES string of the molecule is COc1ccccc1NC(C(N)=O)c1cncn1C. The van der Waals surface area contributed by atoms with Gasteiger partial charge in [0.1, 0.15) is 11.8 Å². The number of hydrogen-bond donors (Lipinski definition) is 2. The van der Waals surface area contributed by atoms with Gasteiger partial charge >= 0.3 is 0 Å². The van der Waals surface area contributed by atoms with Crippen LogP contribution in [0.5, 0.6) is 5.75 Å². The molecule has 0 aliphatic heterocycles. The Labute approximate surface area is 111 Å². The summed E-state index contributed by atoms with van der Waals surface area (Å²) in [7, 11) is 3.38. The number of amides is 1. The van der Waals surface area contributed by atoms with Crippen molar-refractivity contribution in [3.63, 3.8) is 0 Å².